The molecule has 0 radical (unpaired) electrons. The number of esters is 3. The summed E-state index contributed by atoms with van der Waals surface area (Å²) in [5.74, 6) is -5.06. The molecule has 0 aromatic heterocycles. The second-order valence-corrected chi connectivity index (χ2v) is 8.50. The fraction of sp³-hybridized carbons (Fsp3) is 0.375. The van der Waals surface area contributed by atoms with Gasteiger partial charge in [0.1, 0.15) is 28.7 Å². The molecule has 37 heavy (non-hydrogen) atoms. The largest absolute Gasteiger partial charge is 0.466 e. The number of anilines is 1. The molecular formula is C24H25BrN2O10. The van der Waals surface area contributed by atoms with Crippen LogP contribution in [0.2, 0.25) is 0 Å². The fourth-order valence-electron chi connectivity index (χ4n) is 4.30. The Morgan fingerprint density at radius 3 is 2.24 bits per heavy atom. The average Bonchev–Trinajstić information content (AvgIpc) is 3.07. The number of methoxy groups -OCH3 is 1. The number of imide groups is 1. The van der Waals surface area contributed by atoms with Crippen LogP contribution in [0.4, 0.5) is 10.5 Å². The van der Waals surface area contributed by atoms with Crippen molar-refractivity contribution in [3.05, 3.63) is 51.0 Å². The Balaban J connectivity index is 2.50. The number of benzene rings is 1. The Hall–Kier alpha value is -3.87. The molecule has 1 unspecified atom stereocenters. The first-order valence-electron chi connectivity index (χ1n) is 11.2. The molecule has 0 saturated heterocycles. The van der Waals surface area contributed by atoms with Gasteiger partial charge in [0.05, 0.1) is 32.6 Å². The lowest BCUT2D eigenvalue weighted by atomic mass is 9.67. The molecule has 2 N–H and O–H groups in total. The first-order chi connectivity index (χ1) is 17.6. The van der Waals surface area contributed by atoms with E-state index in [1.165, 1.54) is 19.1 Å². The van der Waals surface area contributed by atoms with Crippen molar-refractivity contribution in [3.8, 4) is 0 Å². The van der Waals surface area contributed by atoms with Crippen molar-refractivity contribution in [1.29, 1.82) is 0 Å². The average molecular weight is 581 g/mol. The Morgan fingerprint density at radius 1 is 1.00 bits per heavy atom. The molecule has 3 rings (SSSR count). The van der Waals surface area contributed by atoms with E-state index < -0.39 is 58.8 Å². The molecule has 2 heterocycles. The molecule has 1 aromatic rings. The topological polar surface area (TPSA) is 161 Å². The molecule has 2 aliphatic heterocycles. The van der Waals surface area contributed by atoms with E-state index in [4.69, 9.17) is 29.4 Å². The van der Waals surface area contributed by atoms with E-state index in [0.29, 0.717) is 9.37 Å². The Bertz CT molecular complexity index is 1240. The predicted octanol–water partition coefficient (Wildman–Crippen LogP) is 2.33. The smallest absolute Gasteiger partial charge is 0.421 e. The number of halogens is 1. The van der Waals surface area contributed by atoms with Crippen molar-refractivity contribution in [2.45, 2.75) is 32.6 Å². The summed E-state index contributed by atoms with van der Waals surface area (Å²) in [5, 5.41) is 0. The SMILES string of the molecule is CCOC(=O)CC1=C(C(=O)OCC)C2(C(=O)N(C(=O)OCC)c3ccc(Br)cc32)C(C(=O)OC)=C(N)O1. The summed E-state index contributed by atoms with van der Waals surface area (Å²) in [6, 6.07) is 4.42. The number of fused-ring (bicyclic) bond motifs is 2. The van der Waals surface area contributed by atoms with Gasteiger partial charge < -0.3 is 29.4 Å². The van der Waals surface area contributed by atoms with Crippen LogP contribution in [-0.4, -0.2) is 56.8 Å². The van der Waals surface area contributed by atoms with Gasteiger partial charge in [-0.1, -0.05) is 15.9 Å². The quantitative estimate of drug-likeness (QED) is 0.372. The maximum Gasteiger partial charge on any atom is 0.421 e. The molecule has 1 atom stereocenters. The van der Waals surface area contributed by atoms with Crippen molar-refractivity contribution >= 4 is 51.5 Å². The highest BCUT2D eigenvalue weighted by Crippen LogP contribution is 2.55. The van der Waals surface area contributed by atoms with E-state index >= 15 is 0 Å². The lowest BCUT2D eigenvalue weighted by Crippen LogP contribution is -2.52. The van der Waals surface area contributed by atoms with E-state index in [2.05, 4.69) is 15.9 Å². The van der Waals surface area contributed by atoms with Gasteiger partial charge in [0, 0.05) is 10.0 Å². The zero-order chi connectivity index (χ0) is 27.5. The van der Waals surface area contributed by atoms with Gasteiger partial charge in [0.25, 0.3) is 5.91 Å². The molecule has 13 heteroatoms. The lowest BCUT2D eigenvalue weighted by molar-refractivity contribution is -0.143. The highest BCUT2D eigenvalue weighted by molar-refractivity contribution is 9.10. The van der Waals surface area contributed by atoms with E-state index in [-0.39, 0.29) is 36.8 Å². The number of ether oxygens (including phenoxy) is 5. The maximum atomic E-state index is 14.3. The first-order valence-corrected chi connectivity index (χ1v) is 12.0. The summed E-state index contributed by atoms with van der Waals surface area (Å²) >= 11 is 3.33. The second-order valence-electron chi connectivity index (χ2n) is 7.58. The maximum absolute atomic E-state index is 14.3. The zero-order valence-electron chi connectivity index (χ0n) is 20.5. The van der Waals surface area contributed by atoms with Gasteiger partial charge in [-0.25, -0.2) is 19.3 Å². The summed E-state index contributed by atoms with van der Waals surface area (Å²) in [6.07, 6.45) is -1.69. The monoisotopic (exact) mass is 580 g/mol. The van der Waals surface area contributed by atoms with Gasteiger partial charge in [0.15, 0.2) is 0 Å². The van der Waals surface area contributed by atoms with Crippen molar-refractivity contribution in [3.63, 3.8) is 0 Å². The lowest BCUT2D eigenvalue weighted by Gasteiger charge is -2.36. The fourth-order valence-corrected chi connectivity index (χ4v) is 4.66. The van der Waals surface area contributed by atoms with Gasteiger partial charge in [-0.15, -0.1) is 0 Å². The van der Waals surface area contributed by atoms with E-state index in [0.717, 1.165) is 7.11 Å². The summed E-state index contributed by atoms with van der Waals surface area (Å²) in [5.41, 5.74) is 2.70. The summed E-state index contributed by atoms with van der Waals surface area (Å²) in [6.45, 7) is 4.48. The Kier molecular flexibility index (Phi) is 8.26. The molecule has 0 aliphatic carbocycles. The molecule has 2 amide bonds. The Labute approximate surface area is 220 Å². The number of hydrogen-bond donors (Lipinski definition) is 1. The minimum absolute atomic E-state index is 0.0102. The van der Waals surface area contributed by atoms with Crippen LogP contribution in [0.15, 0.2) is 45.5 Å². The van der Waals surface area contributed by atoms with E-state index in [1.807, 2.05) is 0 Å². The van der Waals surface area contributed by atoms with Crippen molar-refractivity contribution < 1.29 is 47.7 Å². The number of amides is 2. The van der Waals surface area contributed by atoms with Crippen LogP contribution in [0.25, 0.3) is 0 Å². The number of nitrogens with two attached hydrogens (primary N) is 1. The first kappa shape index (κ1) is 27.7. The number of carbonyl (C=O) groups is 5. The van der Waals surface area contributed by atoms with E-state index in [1.54, 1.807) is 19.9 Å². The van der Waals surface area contributed by atoms with Crippen LogP contribution < -0.4 is 10.6 Å². The van der Waals surface area contributed by atoms with Crippen LogP contribution in [0.1, 0.15) is 32.8 Å². The summed E-state index contributed by atoms with van der Waals surface area (Å²) < 4.78 is 26.2. The molecule has 2 aliphatic rings. The van der Waals surface area contributed by atoms with Crippen molar-refractivity contribution in [2.24, 2.45) is 5.73 Å². The molecule has 0 bridgehead atoms. The van der Waals surface area contributed by atoms with Gasteiger partial charge >= 0.3 is 24.0 Å². The standard InChI is InChI=1S/C24H25BrN2O10/c1-5-34-16(28)11-15-17(21(30)35-6-2)24(18(19(26)37-15)20(29)33-4)13-10-12(25)8-9-14(13)27(22(24)31)23(32)36-7-3/h8-10H,5-7,11,26H2,1-4H3. The highest BCUT2D eigenvalue weighted by Gasteiger charge is 2.65. The number of nitrogens with zero attached hydrogens (tertiary/aromatic N) is 1. The normalized spacial score (nSPS) is 18.4. The van der Waals surface area contributed by atoms with Crippen molar-refractivity contribution in [2.75, 3.05) is 31.8 Å². The summed E-state index contributed by atoms with van der Waals surface area (Å²) in [4.78, 5) is 67.0. The second kappa shape index (κ2) is 11.0. The Morgan fingerprint density at radius 2 is 1.65 bits per heavy atom. The third-order valence-corrected chi connectivity index (χ3v) is 6.06. The molecule has 198 valence electrons. The van der Waals surface area contributed by atoms with Crippen LogP contribution in [-0.2, 0) is 48.3 Å². The third kappa shape index (κ3) is 4.54. The predicted molar refractivity (Wildman–Crippen MR) is 130 cm³/mol. The number of hydrogen-bond acceptors (Lipinski definition) is 11. The van der Waals surface area contributed by atoms with Crippen LogP contribution in [0.5, 0.6) is 0 Å². The molecule has 12 nitrogen and oxygen atoms in total. The molecule has 1 spiro atoms. The minimum atomic E-state index is -2.38. The minimum Gasteiger partial charge on any atom is -0.466 e. The molecule has 1 aromatic carbocycles. The van der Waals surface area contributed by atoms with Crippen LogP contribution in [0.3, 0.4) is 0 Å². The number of rotatable bonds is 7. The van der Waals surface area contributed by atoms with Gasteiger partial charge in [0.2, 0.25) is 5.88 Å². The molecular weight excluding hydrogens is 556 g/mol. The zero-order valence-corrected chi connectivity index (χ0v) is 22.1. The van der Waals surface area contributed by atoms with E-state index in [9.17, 15) is 24.0 Å². The molecule has 0 saturated carbocycles. The van der Waals surface area contributed by atoms with Gasteiger partial charge in [-0.2, -0.15) is 0 Å². The van der Waals surface area contributed by atoms with Crippen molar-refractivity contribution in [1.82, 2.24) is 0 Å². The molecule has 0 fully saturated rings. The highest BCUT2D eigenvalue weighted by atomic mass is 79.9. The van der Waals surface area contributed by atoms with Gasteiger partial charge in [-0.05, 0) is 39.0 Å². The third-order valence-electron chi connectivity index (χ3n) is 5.57. The van der Waals surface area contributed by atoms with Crippen LogP contribution >= 0.6 is 15.9 Å². The number of carbonyl (C=O) groups excluding carboxylic acids is 5. The van der Waals surface area contributed by atoms with Gasteiger partial charge in [-0.3, -0.25) is 9.59 Å². The van der Waals surface area contributed by atoms with Crippen LogP contribution in [0, 0.1) is 0 Å². The summed E-state index contributed by atoms with van der Waals surface area (Å²) in [7, 11) is 1.04.